The zero-order valence-corrected chi connectivity index (χ0v) is 11.3. The van der Waals surface area contributed by atoms with Gasteiger partial charge in [0.15, 0.2) is 0 Å². The first-order valence-electron chi connectivity index (χ1n) is 5.08. The Morgan fingerprint density at radius 2 is 2.16 bits per heavy atom. The second-order valence-corrected chi connectivity index (χ2v) is 5.37. The molecule has 1 aliphatic heterocycles. The average molecular weight is 295 g/mol. The van der Waals surface area contributed by atoms with E-state index in [4.69, 9.17) is 12.2 Å². The minimum Gasteiger partial charge on any atom is -0.867 e. The summed E-state index contributed by atoms with van der Waals surface area (Å²) in [5.41, 5.74) is -0.413. The van der Waals surface area contributed by atoms with Crippen molar-refractivity contribution in [2.75, 3.05) is 7.05 Å². The number of rotatable bonds is 2. The van der Waals surface area contributed by atoms with Gasteiger partial charge < -0.3 is 5.11 Å². The highest BCUT2D eigenvalue weighted by atomic mass is 32.2. The molecule has 0 bridgehead atoms. The molecule has 1 fully saturated rings. The van der Waals surface area contributed by atoms with Crippen LogP contribution in [0.3, 0.4) is 0 Å². The van der Waals surface area contributed by atoms with Crippen molar-refractivity contribution in [2.45, 2.75) is 0 Å². The third-order valence-electron chi connectivity index (χ3n) is 2.49. The van der Waals surface area contributed by atoms with E-state index >= 15 is 0 Å². The number of nitro benzene ring substituents is 1. The van der Waals surface area contributed by atoms with Crippen LogP contribution in [0.15, 0.2) is 23.1 Å². The zero-order chi connectivity index (χ0) is 14.2. The van der Waals surface area contributed by atoms with E-state index in [0.717, 1.165) is 17.8 Å². The van der Waals surface area contributed by atoms with Crippen LogP contribution in [0.4, 0.5) is 5.69 Å². The largest absolute Gasteiger partial charge is 0.867 e. The molecule has 1 amide bonds. The van der Waals surface area contributed by atoms with Gasteiger partial charge in [-0.15, -0.1) is 0 Å². The van der Waals surface area contributed by atoms with E-state index in [-0.39, 0.29) is 16.4 Å². The van der Waals surface area contributed by atoms with Crippen LogP contribution in [0.25, 0.3) is 6.08 Å². The minimum absolute atomic E-state index is 0.100. The Hall–Kier alpha value is -1.93. The fourth-order valence-electron chi connectivity index (χ4n) is 1.49. The van der Waals surface area contributed by atoms with E-state index < -0.39 is 16.4 Å². The summed E-state index contributed by atoms with van der Waals surface area (Å²) in [6, 6.07) is 3.96. The molecular formula is C11H7N2O4S2-. The number of nitro groups is 1. The number of carbonyl (C=O) groups excluding carboxylic acids is 1. The SMILES string of the molecule is CN1C(=O)/C(=C\c2cccc([N+](=O)[O-])c2[O-])SC1=S. The van der Waals surface area contributed by atoms with Crippen molar-refractivity contribution in [1.82, 2.24) is 4.90 Å². The molecule has 8 heteroatoms. The molecule has 1 heterocycles. The smallest absolute Gasteiger partial charge is 0.265 e. The Kier molecular flexibility index (Phi) is 3.54. The molecule has 0 unspecified atom stereocenters. The van der Waals surface area contributed by atoms with Gasteiger partial charge in [0.25, 0.3) is 11.6 Å². The molecule has 0 saturated carbocycles. The molecule has 0 atom stereocenters. The van der Waals surface area contributed by atoms with Crippen LogP contribution in [0.5, 0.6) is 5.75 Å². The summed E-state index contributed by atoms with van der Waals surface area (Å²) in [5, 5.41) is 22.5. The van der Waals surface area contributed by atoms with E-state index in [0.29, 0.717) is 4.32 Å². The highest BCUT2D eigenvalue weighted by molar-refractivity contribution is 8.26. The molecule has 1 aromatic carbocycles. The molecule has 6 nitrogen and oxygen atoms in total. The van der Waals surface area contributed by atoms with Crippen LogP contribution in [-0.2, 0) is 4.79 Å². The van der Waals surface area contributed by atoms with Gasteiger partial charge in [-0.3, -0.25) is 19.8 Å². The fourth-order valence-corrected chi connectivity index (χ4v) is 2.66. The number of benzene rings is 1. The lowest BCUT2D eigenvalue weighted by Gasteiger charge is -2.10. The van der Waals surface area contributed by atoms with Crippen LogP contribution in [-0.4, -0.2) is 27.1 Å². The maximum atomic E-state index is 11.8. The number of hydrogen-bond acceptors (Lipinski definition) is 6. The molecule has 1 aliphatic rings. The molecule has 0 aromatic heterocycles. The molecular weight excluding hydrogens is 288 g/mol. The van der Waals surface area contributed by atoms with E-state index in [1.807, 2.05) is 0 Å². The van der Waals surface area contributed by atoms with Crippen molar-refractivity contribution in [2.24, 2.45) is 0 Å². The molecule has 2 rings (SSSR count). The summed E-state index contributed by atoms with van der Waals surface area (Å²) in [7, 11) is 1.53. The number of likely N-dealkylation sites (N-methyl/N-ethyl adjacent to an activating group) is 1. The maximum Gasteiger partial charge on any atom is 0.265 e. The van der Waals surface area contributed by atoms with Crippen LogP contribution in [0.1, 0.15) is 5.56 Å². The topological polar surface area (TPSA) is 86.5 Å². The van der Waals surface area contributed by atoms with E-state index in [2.05, 4.69) is 0 Å². The van der Waals surface area contributed by atoms with E-state index in [1.165, 1.54) is 30.2 Å². The van der Waals surface area contributed by atoms with Gasteiger partial charge >= 0.3 is 0 Å². The Morgan fingerprint density at radius 3 is 2.68 bits per heavy atom. The van der Waals surface area contributed by atoms with Crippen molar-refractivity contribution in [1.29, 1.82) is 0 Å². The van der Waals surface area contributed by atoms with Crippen molar-refractivity contribution in [3.8, 4) is 5.75 Å². The second-order valence-electron chi connectivity index (χ2n) is 3.69. The molecule has 0 radical (unpaired) electrons. The van der Waals surface area contributed by atoms with Crippen LogP contribution in [0.2, 0.25) is 0 Å². The number of thiocarbonyl (C=S) groups is 1. The molecule has 0 N–H and O–H groups in total. The number of hydrogen-bond donors (Lipinski definition) is 0. The molecule has 1 saturated heterocycles. The molecule has 98 valence electrons. The molecule has 0 aliphatic carbocycles. The normalized spacial score (nSPS) is 17.3. The molecule has 0 spiro atoms. The predicted octanol–water partition coefficient (Wildman–Crippen LogP) is 1.50. The monoisotopic (exact) mass is 295 g/mol. The van der Waals surface area contributed by atoms with Gasteiger partial charge in [-0.05, 0) is 17.4 Å². The van der Waals surface area contributed by atoms with Crippen molar-refractivity contribution < 1.29 is 14.8 Å². The van der Waals surface area contributed by atoms with E-state index in [1.54, 1.807) is 0 Å². The standard InChI is InChI=1S/C11H8N2O4S2/c1-12-10(15)8(19-11(12)18)5-6-3-2-4-7(9(6)14)13(16)17/h2-5,14H,1H3/p-1/b8-5+. The lowest BCUT2D eigenvalue weighted by atomic mass is 10.1. The first kappa shape index (κ1) is 13.5. The van der Waals surface area contributed by atoms with Gasteiger partial charge in [-0.1, -0.05) is 36.1 Å². The highest BCUT2D eigenvalue weighted by Crippen LogP contribution is 2.34. The summed E-state index contributed by atoms with van der Waals surface area (Å²) in [6.07, 6.45) is 1.33. The van der Waals surface area contributed by atoms with Gasteiger partial charge in [0, 0.05) is 13.1 Å². The van der Waals surface area contributed by atoms with Gasteiger partial charge in [0.1, 0.15) is 4.32 Å². The Labute approximate surface area is 117 Å². The summed E-state index contributed by atoms with van der Waals surface area (Å²) in [6.45, 7) is 0. The summed E-state index contributed by atoms with van der Waals surface area (Å²) in [5.74, 6) is -1.03. The Bertz CT molecular complexity index is 627. The quantitative estimate of drug-likeness (QED) is 0.356. The first-order valence-corrected chi connectivity index (χ1v) is 6.30. The van der Waals surface area contributed by atoms with Crippen molar-refractivity contribution >= 4 is 46.0 Å². The Morgan fingerprint density at radius 1 is 1.47 bits per heavy atom. The average Bonchev–Trinajstić information content (AvgIpc) is 2.59. The van der Waals surface area contributed by atoms with Gasteiger partial charge in [-0.25, -0.2) is 0 Å². The molecule has 19 heavy (non-hydrogen) atoms. The van der Waals surface area contributed by atoms with Crippen molar-refractivity contribution in [3.05, 3.63) is 38.8 Å². The molecule has 1 aromatic rings. The summed E-state index contributed by atoms with van der Waals surface area (Å²) >= 11 is 6.01. The number of thioether (sulfide) groups is 1. The Balaban J connectivity index is 2.45. The van der Waals surface area contributed by atoms with Crippen LogP contribution < -0.4 is 5.11 Å². The zero-order valence-electron chi connectivity index (χ0n) is 9.65. The van der Waals surface area contributed by atoms with Crippen molar-refractivity contribution in [3.63, 3.8) is 0 Å². The van der Waals surface area contributed by atoms with Gasteiger partial charge in [0.05, 0.1) is 9.83 Å². The van der Waals surface area contributed by atoms with Gasteiger partial charge in [0.2, 0.25) is 0 Å². The number of carbonyl (C=O) groups is 1. The predicted molar refractivity (Wildman–Crippen MR) is 73.5 cm³/mol. The minimum atomic E-state index is -0.745. The maximum absolute atomic E-state index is 11.8. The summed E-state index contributed by atoms with van der Waals surface area (Å²) in [4.78, 5) is 23.2. The highest BCUT2D eigenvalue weighted by Gasteiger charge is 2.28. The third-order valence-corrected chi connectivity index (χ3v) is 3.98. The number of para-hydroxylation sites is 1. The van der Waals surface area contributed by atoms with E-state index in [9.17, 15) is 20.0 Å². The van der Waals surface area contributed by atoms with Crippen LogP contribution in [0, 0.1) is 10.1 Å². The van der Waals surface area contributed by atoms with Gasteiger partial charge in [-0.2, -0.15) is 0 Å². The fraction of sp³-hybridized carbons (Fsp3) is 0.0909. The number of nitrogens with zero attached hydrogens (tertiary/aromatic N) is 2. The number of amides is 1. The second kappa shape index (κ2) is 4.98. The first-order chi connectivity index (χ1) is 8.91. The van der Waals surface area contributed by atoms with Crippen LogP contribution >= 0.6 is 24.0 Å². The lowest BCUT2D eigenvalue weighted by molar-refractivity contribution is -0.398. The lowest BCUT2D eigenvalue weighted by Crippen LogP contribution is -2.22. The third kappa shape index (κ3) is 2.45. The summed E-state index contributed by atoms with van der Waals surface area (Å²) < 4.78 is 0.383.